The van der Waals surface area contributed by atoms with Gasteiger partial charge in [-0.15, -0.1) is 11.3 Å². The van der Waals surface area contributed by atoms with Gasteiger partial charge in [0.1, 0.15) is 31.6 Å². The molecule has 1 fully saturated rings. The summed E-state index contributed by atoms with van der Waals surface area (Å²) >= 11 is 3.75. The number of nitrogens with zero attached hydrogens (tertiary/aromatic N) is 3. The van der Waals surface area contributed by atoms with Gasteiger partial charge < -0.3 is 15.6 Å². The smallest absolute Gasteiger partial charge is 0.412 e. The van der Waals surface area contributed by atoms with Gasteiger partial charge in [0.2, 0.25) is 0 Å². The molecule has 1 saturated carbocycles. The predicted octanol–water partition coefficient (Wildman–Crippen LogP) is 4.06. The van der Waals surface area contributed by atoms with Gasteiger partial charge in [0.05, 0.1) is 0 Å². The lowest BCUT2D eigenvalue weighted by Gasteiger charge is -2.06. The second kappa shape index (κ2) is 8.43. The zero-order valence-electron chi connectivity index (χ0n) is 16.8. The van der Waals surface area contributed by atoms with Crippen molar-refractivity contribution in [2.45, 2.75) is 24.9 Å². The molecule has 9 nitrogen and oxygen atoms in total. The number of aliphatic carboxylic acids is 1. The van der Waals surface area contributed by atoms with Gasteiger partial charge in [0.25, 0.3) is 0 Å². The van der Waals surface area contributed by atoms with Crippen LogP contribution in [0, 0.1) is 11.8 Å². The molecule has 0 atom stereocenters. The SMILES string of the molecule is Nc1nsc(C#Cc2nc3nc(C4(C(=O)O)CC4)sc3s2)c1NC(=O)OCc1ccccc1. The normalized spacial score (nSPS) is 13.8. The van der Waals surface area contributed by atoms with Crippen LogP contribution in [0.25, 0.3) is 9.66 Å². The number of carboxylic acids is 1. The molecule has 1 aromatic carbocycles. The van der Waals surface area contributed by atoms with Crippen molar-refractivity contribution in [2.75, 3.05) is 11.1 Å². The zero-order valence-corrected chi connectivity index (χ0v) is 19.3. The molecule has 166 valence electrons. The highest BCUT2D eigenvalue weighted by Gasteiger charge is 2.54. The average molecular weight is 498 g/mol. The first kappa shape index (κ1) is 21.3. The number of fused-ring (bicyclic) bond motifs is 1. The second-order valence-electron chi connectivity index (χ2n) is 7.25. The molecular formula is C21H15N5O4S3. The van der Waals surface area contributed by atoms with Crippen molar-refractivity contribution in [3.8, 4) is 11.8 Å². The molecule has 33 heavy (non-hydrogen) atoms. The quantitative estimate of drug-likeness (QED) is 0.351. The fourth-order valence-corrected chi connectivity index (χ4v) is 5.86. The molecule has 0 saturated heterocycles. The lowest BCUT2D eigenvalue weighted by atomic mass is 10.1. The fourth-order valence-electron chi connectivity index (χ4n) is 3.02. The largest absolute Gasteiger partial charge is 0.481 e. The molecule has 1 amide bonds. The summed E-state index contributed by atoms with van der Waals surface area (Å²) in [6.45, 7) is 0.124. The number of amides is 1. The first-order valence-corrected chi connectivity index (χ1v) is 12.1. The van der Waals surface area contributed by atoms with Crippen molar-refractivity contribution < 1.29 is 19.4 Å². The summed E-state index contributed by atoms with van der Waals surface area (Å²) < 4.78 is 10.1. The minimum Gasteiger partial charge on any atom is -0.481 e. The van der Waals surface area contributed by atoms with Crippen molar-refractivity contribution in [1.82, 2.24) is 14.3 Å². The van der Waals surface area contributed by atoms with E-state index in [9.17, 15) is 14.7 Å². The maximum Gasteiger partial charge on any atom is 0.412 e. The Morgan fingerprint density at radius 3 is 2.67 bits per heavy atom. The Bertz CT molecular complexity index is 1390. The molecule has 4 N–H and O–H groups in total. The molecule has 4 aromatic rings. The van der Waals surface area contributed by atoms with E-state index in [1.807, 2.05) is 30.3 Å². The van der Waals surface area contributed by atoms with E-state index in [1.54, 1.807) is 0 Å². The molecular weight excluding hydrogens is 482 g/mol. The number of aromatic nitrogens is 3. The zero-order chi connectivity index (χ0) is 23.0. The number of anilines is 2. The van der Waals surface area contributed by atoms with Crippen LogP contribution in [-0.2, 0) is 21.6 Å². The highest BCUT2D eigenvalue weighted by Crippen LogP contribution is 2.51. The van der Waals surface area contributed by atoms with Gasteiger partial charge in [-0.1, -0.05) is 41.7 Å². The summed E-state index contributed by atoms with van der Waals surface area (Å²) in [5, 5.41) is 13.2. The molecule has 0 spiro atoms. The molecule has 1 aliphatic rings. The molecule has 1 aliphatic carbocycles. The molecule has 3 heterocycles. The van der Waals surface area contributed by atoms with Crippen molar-refractivity contribution in [1.29, 1.82) is 0 Å². The van der Waals surface area contributed by atoms with Gasteiger partial charge in [-0.3, -0.25) is 10.1 Å². The van der Waals surface area contributed by atoms with Crippen LogP contribution >= 0.6 is 34.2 Å². The number of hydrogen-bond donors (Lipinski definition) is 3. The number of carbonyl (C=O) groups excluding carboxylic acids is 1. The number of carboxylic acid groups (broad SMARTS) is 1. The Labute approximate surface area is 199 Å². The lowest BCUT2D eigenvalue weighted by molar-refractivity contribution is -0.140. The lowest BCUT2D eigenvalue weighted by Crippen LogP contribution is -2.18. The maximum absolute atomic E-state index is 12.2. The van der Waals surface area contributed by atoms with Crippen LogP contribution in [0.2, 0.25) is 0 Å². The number of rotatable bonds is 5. The molecule has 12 heteroatoms. The Morgan fingerprint density at radius 2 is 1.97 bits per heavy atom. The Balaban J connectivity index is 1.29. The van der Waals surface area contributed by atoms with E-state index in [2.05, 4.69) is 31.5 Å². The van der Waals surface area contributed by atoms with Crippen LogP contribution in [0.5, 0.6) is 0 Å². The third kappa shape index (κ3) is 4.25. The number of carbonyl (C=O) groups is 2. The molecule has 0 unspecified atom stereocenters. The third-order valence-electron chi connectivity index (χ3n) is 4.99. The number of nitrogens with two attached hydrogens (primary N) is 1. The van der Waals surface area contributed by atoms with Crippen LogP contribution in [0.3, 0.4) is 0 Å². The number of benzene rings is 1. The van der Waals surface area contributed by atoms with Crippen LogP contribution in [0.15, 0.2) is 30.3 Å². The first-order valence-electron chi connectivity index (χ1n) is 9.71. The van der Waals surface area contributed by atoms with Crippen LogP contribution in [-0.4, -0.2) is 31.5 Å². The third-order valence-corrected chi connectivity index (χ3v) is 8.06. The number of nitrogens with one attached hydrogen (secondary N) is 1. The van der Waals surface area contributed by atoms with E-state index >= 15 is 0 Å². The van der Waals surface area contributed by atoms with E-state index in [0.29, 0.717) is 39.1 Å². The van der Waals surface area contributed by atoms with E-state index in [4.69, 9.17) is 10.5 Å². The van der Waals surface area contributed by atoms with E-state index in [0.717, 1.165) is 21.1 Å². The first-order chi connectivity index (χ1) is 15.9. The minimum atomic E-state index is -0.840. The number of nitrogen functional groups attached to an aromatic ring is 1. The van der Waals surface area contributed by atoms with Crippen molar-refractivity contribution in [2.24, 2.45) is 0 Å². The maximum atomic E-state index is 12.2. The summed E-state index contributed by atoms with van der Waals surface area (Å²) in [6.07, 6.45) is 0.547. The number of thiazole rings is 2. The van der Waals surface area contributed by atoms with Crippen molar-refractivity contribution >= 4 is 67.4 Å². The van der Waals surface area contributed by atoms with Crippen molar-refractivity contribution in [3.05, 3.63) is 50.8 Å². The minimum absolute atomic E-state index is 0.124. The highest BCUT2D eigenvalue weighted by atomic mass is 32.2. The molecule has 5 rings (SSSR count). The van der Waals surface area contributed by atoms with Crippen LogP contribution in [0.4, 0.5) is 16.3 Å². The topological polar surface area (TPSA) is 140 Å². The van der Waals surface area contributed by atoms with Gasteiger partial charge in [-0.05, 0) is 41.8 Å². The predicted molar refractivity (Wildman–Crippen MR) is 127 cm³/mol. The summed E-state index contributed by atoms with van der Waals surface area (Å²) in [4.78, 5) is 33.0. The molecule has 0 aliphatic heterocycles. The van der Waals surface area contributed by atoms with Crippen LogP contribution in [0.1, 0.15) is 33.3 Å². The van der Waals surface area contributed by atoms with Gasteiger partial charge in [-0.25, -0.2) is 14.8 Å². The van der Waals surface area contributed by atoms with Gasteiger partial charge in [0, 0.05) is 0 Å². The van der Waals surface area contributed by atoms with E-state index in [1.165, 1.54) is 22.7 Å². The fraction of sp³-hybridized carbons (Fsp3) is 0.190. The van der Waals surface area contributed by atoms with Crippen molar-refractivity contribution in [3.63, 3.8) is 0 Å². The highest BCUT2D eigenvalue weighted by molar-refractivity contribution is 7.38. The van der Waals surface area contributed by atoms with E-state index < -0.39 is 17.5 Å². The standard InChI is InChI=1S/C21H15N5O4S3/c22-15-14(24-20(29)30-10-11-4-2-1-3-5-11)12(33-26-15)6-7-13-23-16-17(31-13)32-18(25-16)21(8-9-21)19(27)28/h1-5H,8-10H2,(H2,22,26)(H,24,29)(H,27,28). The van der Waals surface area contributed by atoms with Gasteiger partial charge in [-0.2, -0.15) is 4.37 Å². The van der Waals surface area contributed by atoms with Gasteiger partial charge in [0.15, 0.2) is 16.5 Å². The molecule has 0 radical (unpaired) electrons. The summed E-state index contributed by atoms with van der Waals surface area (Å²) in [5.74, 6) is 5.20. The summed E-state index contributed by atoms with van der Waals surface area (Å²) in [6, 6.07) is 9.31. The Hall–Kier alpha value is -3.53. The molecule has 3 aromatic heterocycles. The molecule has 0 bridgehead atoms. The summed E-state index contributed by atoms with van der Waals surface area (Å²) in [7, 11) is 0. The van der Waals surface area contributed by atoms with E-state index in [-0.39, 0.29) is 12.4 Å². The second-order valence-corrected chi connectivity index (χ2v) is 10.3. The Morgan fingerprint density at radius 1 is 1.18 bits per heavy atom. The van der Waals surface area contributed by atoms with Gasteiger partial charge >= 0.3 is 12.1 Å². The average Bonchev–Trinajstić information content (AvgIpc) is 3.24. The van der Waals surface area contributed by atoms with Crippen LogP contribution < -0.4 is 11.1 Å². The monoisotopic (exact) mass is 497 g/mol. The number of hydrogen-bond acceptors (Lipinski definition) is 10. The number of ether oxygens (including phenoxy) is 1. The summed E-state index contributed by atoms with van der Waals surface area (Å²) in [5.41, 5.74) is 6.71. The Kier molecular flexibility index (Phi) is 5.45.